The van der Waals surface area contributed by atoms with Gasteiger partial charge in [-0.05, 0) is 25.5 Å². The number of nitrogen functional groups attached to an aromatic ring is 1. The number of anilines is 1. The van der Waals surface area contributed by atoms with Crippen molar-refractivity contribution in [1.82, 2.24) is 5.32 Å². The number of carbonyl (C=O) groups is 1. The summed E-state index contributed by atoms with van der Waals surface area (Å²) in [6, 6.07) is 3.14. The van der Waals surface area contributed by atoms with Gasteiger partial charge in [0.2, 0.25) is 0 Å². The Bertz CT molecular complexity index is 384. The first-order chi connectivity index (χ1) is 7.45. The largest absolute Gasteiger partial charge is 0.396 e. The number of carbonyl (C=O) groups excluding carboxylic acids is 1. The molecule has 0 bridgehead atoms. The highest BCUT2D eigenvalue weighted by Gasteiger charge is 2.12. The topological polar surface area (TPSA) is 55.1 Å². The number of halogens is 2. The molecule has 0 aliphatic heterocycles. The van der Waals surface area contributed by atoms with Crippen LogP contribution in [0.5, 0.6) is 0 Å². The van der Waals surface area contributed by atoms with Crippen LogP contribution in [0.15, 0.2) is 12.1 Å². The van der Waals surface area contributed by atoms with Crippen LogP contribution in [0.1, 0.15) is 30.6 Å². The van der Waals surface area contributed by atoms with E-state index in [1.165, 1.54) is 12.1 Å². The Kier molecular flexibility index (Phi) is 4.44. The molecule has 0 radical (unpaired) electrons. The molecule has 16 heavy (non-hydrogen) atoms. The van der Waals surface area contributed by atoms with Gasteiger partial charge in [0.1, 0.15) is 0 Å². The normalized spacial score (nSPS) is 12.2. The van der Waals surface area contributed by atoms with Crippen molar-refractivity contribution < 1.29 is 4.79 Å². The molecule has 1 rings (SSSR count). The van der Waals surface area contributed by atoms with E-state index in [9.17, 15) is 4.79 Å². The van der Waals surface area contributed by atoms with Gasteiger partial charge >= 0.3 is 0 Å². The summed E-state index contributed by atoms with van der Waals surface area (Å²) >= 11 is 11.7. The Balaban J connectivity index is 2.93. The molecule has 0 heterocycles. The van der Waals surface area contributed by atoms with Crippen molar-refractivity contribution in [3.63, 3.8) is 0 Å². The smallest absolute Gasteiger partial charge is 0.251 e. The number of benzene rings is 1. The van der Waals surface area contributed by atoms with Crippen LogP contribution >= 0.6 is 23.2 Å². The second-order valence-corrected chi connectivity index (χ2v) is 4.45. The minimum atomic E-state index is -0.196. The molecule has 0 fully saturated rings. The minimum absolute atomic E-state index is 0.114. The maximum absolute atomic E-state index is 11.8. The predicted molar refractivity (Wildman–Crippen MR) is 68.1 cm³/mol. The van der Waals surface area contributed by atoms with E-state index in [-0.39, 0.29) is 11.9 Å². The first-order valence-electron chi connectivity index (χ1n) is 5.01. The van der Waals surface area contributed by atoms with Crippen molar-refractivity contribution in [3.05, 3.63) is 27.7 Å². The lowest BCUT2D eigenvalue weighted by molar-refractivity contribution is 0.0939. The zero-order valence-corrected chi connectivity index (χ0v) is 10.7. The molecule has 1 aromatic rings. The van der Waals surface area contributed by atoms with Gasteiger partial charge in [0, 0.05) is 11.6 Å². The zero-order valence-electron chi connectivity index (χ0n) is 9.18. The molecule has 88 valence electrons. The fraction of sp³-hybridized carbons (Fsp3) is 0.364. The molecule has 0 aliphatic rings. The first kappa shape index (κ1) is 13.1. The third kappa shape index (κ3) is 3.03. The number of nitrogens with one attached hydrogen (secondary N) is 1. The molecule has 1 aromatic carbocycles. The Labute approximate surface area is 105 Å². The SMILES string of the molecule is CCC(C)NC(=O)c1cc(Cl)c(N)c(Cl)c1. The van der Waals surface area contributed by atoms with Gasteiger partial charge in [-0.15, -0.1) is 0 Å². The summed E-state index contributed by atoms with van der Waals surface area (Å²) in [6.45, 7) is 3.92. The molecule has 1 unspecified atom stereocenters. The third-order valence-corrected chi connectivity index (χ3v) is 2.96. The van der Waals surface area contributed by atoms with Gasteiger partial charge in [0.25, 0.3) is 5.91 Å². The van der Waals surface area contributed by atoms with Crippen LogP contribution in [0.2, 0.25) is 10.0 Å². The van der Waals surface area contributed by atoms with Crippen molar-refractivity contribution in [1.29, 1.82) is 0 Å². The molecular weight excluding hydrogens is 247 g/mol. The quantitative estimate of drug-likeness (QED) is 0.821. The maximum Gasteiger partial charge on any atom is 0.251 e. The van der Waals surface area contributed by atoms with E-state index in [4.69, 9.17) is 28.9 Å². The van der Waals surface area contributed by atoms with Crippen LogP contribution in [0.3, 0.4) is 0 Å². The van der Waals surface area contributed by atoms with Gasteiger partial charge in [-0.25, -0.2) is 0 Å². The average molecular weight is 261 g/mol. The van der Waals surface area contributed by atoms with E-state index in [1.807, 2.05) is 13.8 Å². The molecule has 0 saturated carbocycles. The van der Waals surface area contributed by atoms with Crippen molar-refractivity contribution in [2.75, 3.05) is 5.73 Å². The molecule has 0 saturated heterocycles. The molecule has 3 nitrogen and oxygen atoms in total. The van der Waals surface area contributed by atoms with Crippen molar-refractivity contribution >= 4 is 34.8 Å². The minimum Gasteiger partial charge on any atom is -0.396 e. The highest BCUT2D eigenvalue weighted by Crippen LogP contribution is 2.28. The first-order valence-corrected chi connectivity index (χ1v) is 5.76. The van der Waals surface area contributed by atoms with Crippen LogP contribution in [-0.2, 0) is 0 Å². The summed E-state index contributed by atoms with van der Waals surface area (Å²) in [5.74, 6) is -0.196. The van der Waals surface area contributed by atoms with Gasteiger partial charge in [-0.2, -0.15) is 0 Å². The van der Waals surface area contributed by atoms with E-state index in [1.54, 1.807) is 0 Å². The fourth-order valence-electron chi connectivity index (χ4n) is 1.12. The van der Waals surface area contributed by atoms with Crippen LogP contribution in [-0.4, -0.2) is 11.9 Å². The molecule has 0 aliphatic carbocycles. The van der Waals surface area contributed by atoms with Crippen LogP contribution < -0.4 is 11.1 Å². The van der Waals surface area contributed by atoms with E-state index < -0.39 is 0 Å². The third-order valence-electron chi connectivity index (χ3n) is 2.33. The lowest BCUT2D eigenvalue weighted by Crippen LogP contribution is -2.31. The molecular formula is C11H14Cl2N2O. The summed E-state index contributed by atoms with van der Waals surface area (Å²) < 4.78 is 0. The van der Waals surface area contributed by atoms with Gasteiger partial charge in [-0.1, -0.05) is 30.1 Å². The Hall–Kier alpha value is -0.930. The summed E-state index contributed by atoms with van der Waals surface area (Å²) in [5.41, 5.74) is 6.30. The second kappa shape index (κ2) is 5.41. The lowest BCUT2D eigenvalue weighted by Gasteiger charge is -2.12. The van der Waals surface area contributed by atoms with Crippen LogP contribution in [0, 0.1) is 0 Å². The van der Waals surface area contributed by atoms with Gasteiger partial charge in [0.15, 0.2) is 0 Å². The molecule has 1 atom stereocenters. The van der Waals surface area contributed by atoms with Gasteiger partial charge in [0.05, 0.1) is 15.7 Å². The Morgan fingerprint density at radius 1 is 1.44 bits per heavy atom. The highest BCUT2D eigenvalue weighted by atomic mass is 35.5. The Morgan fingerprint density at radius 2 is 1.94 bits per heavy atom. The Morgan fingerprint density at radius 3 is 2.38 bits per heavy atom. The van der Waals surface area contributed by atoms with Crippen LogP contribution in [0.4, 0.5) is 5.69 Å². The fourth-order valence-corrected chi connectivity index (χ4v) is 1.61. The molecule has 0 spiro atoms. The maximum atomic E-state index is 11.8. The second-order valence-electron chi connectivity index (χ2n) is 3.64. The summed E-state index contributed by atoms with van der Waals surface area (Å²) in [4.78, 5) is 11.8. The van der Waals surface area contributed by atoms with Crippen molar-refractivity contribution in [3.8, 4) is 0 Å². The number of nitrogens with two attached hydrogens (primary N) is 1. The summed E-state index contributed by atoms with van der Waals surface area (Å²) in [7, 11) is 0. The summed E-state index contributed by atoms with van der Waals surface area (Å²) in [6.07, 6.45) is 0.863. The number of rotatable bonds is 3. The summed E-state index contributed by atoms with van der Waals surface area (Å²) in [5, 5.41) is 3.41. The van der Waals surface area contributed by atoms with Crippen LogP contribution in [0.25, 0.3) is 0 Å². The zero-order chi connectivity index (χ0) is 12.3. The molecule has 1 amide bonds. The predicted octanol–water partition coefficient (Wildman–Crippen LogP) is 3.10. The molecule has 5 heteroatoms. The van der Waals surface area contributed by atoms with Gasteiger partial charge < -0.3 is 11.1 Å². The highest BCUT2D eigenvalue weighted by molar-refractivity contribution is 6.39. The number of amides is 1. The number of hydrogen-bond acceptors (Lipinski definition) is 2. The van der Waals surface area contributed by atoms with E-state index in [2.05, 4.69) is 5.32 Å². The van der Waals surface area contributed by atoms with E-state index in [0.29, 0.717) is 21.3 Å². The average Bonchev–Trinajstić information content (AvgIpc) is 2.24. The van der Waals surface area contributed by atoms with Gasteiger partial charge in [-0.3, -0.25) is 4.79 Å². The van der Waals surface area contributed by atoms with Crippen molar-refractivity contribution in [2.45, 2.75) is 26.3 Å². The number of hydrogen-bond donors (Lipinski definition) is 2. The standard InChI is InChI=1S/C11H14Cl2N2O/c1-3-6(2)15-11(16)7-4-8(12)10(14)9(13)5-7/h4-6H,3,14H2,1-2H3,(H,15,16). The van der Waals surface area contributed by atoms with E-state index >= 15 is 0 Å². The monoisotopic (exact) mass is 260 g/mol. The lowest BCUT2D eigenvalue weighted by atomic mass is 10.1. The molecule has 3 N–H and O–H groups in total. The van der Waals surface area contributed by atoms with E-state index in [0.717, 1.165) is 6.42 Å². The molecule has 0 aromatic heterocycles. The van der Waals surface area contributed by atoms with Crippen molar-refractivity contribution in [2.24, 2.45) is 0 Å².